The van der Waals surface area contributed by atoms with Gasteiger partial charge in [0.15, 0.2) is 5.13 Å². The molecule has 0 atom stereocenters. The molecule has 18 heavy (non-hydrogen) atoms. The number of nitrogens with zero attached hydrogens (tertiary/aromatic N) is 1. The highest BCUT2D eigenvalue weighted by Gasteiger charge is 2.10. The first-order chi connectivity index (χ1) is 8.69. The quantitative estimate of drug-likeness (QED) is 0.805. The van der Waals surface area contributed by atoms with Gasteiger partial charge in [0.2, 0.25) is 0 Å². The van der Waals surface area contributed by atoms with Crippen molar-refractivity contribution >= 4 is 22.4 Å². The summed E-state index contributed by atoms with van der Waals surface area (Å²) in [5.74, 6) is 6.02. The van der Waals surface area contributed by atoms with E-state index in [4.69, 9.17) is 10.2 Å². The van der Waals surface area contributed by atoms with Gasteiger partial charge in [-0.2, -0.15) is 0 Å². The Labute approximate surface area is 108 Å². The molecule has 2 aromatic rings. The molecule has 0 unspecified atom stereocenters. The molecule has 5 nitrogen and oxygen atoms in total. The second kappa shape index (κ2) is 5.49. The molecule has 0 saturated carbocycles. The Morgan fingerprint density at radius 3 is 3.17 bits per heavy atom. The zero-order valence-corrected chi connectivity index (χ0v) is 10.5. The molecule has 0 fully saturated rings. The molecule has 2 aromatic heterocycles. The first kappa shape index (κ1) is 12.4. The van der Waals surface area contributed by atoms with Gasteiger partial charge >= 0.3 is 0 Å². The second-order valence-corrected chi connectivity index (χ2v) is 4.47. The predicted molar refractivity (Wildman–Crippen MR) is 69.4 cm³/mol. The van der Waals surface area contributed by atoms with Gasteiger partial charge in [-0.1, -0.05) is 23.2 Å². The van der Waals surface area contributed by atoms with Gasteiger partial charge < -0.3 is 10.2 Å². The van der Waals surface area contributed by atoms with Gasteiger partial charge in [0.1, 0.15) is 12.0 Å². The van der Waals surface area contributed by atoms with Crippen LogP contribution < -0.4 is 11.1 Å². The van der Waals surface area contributed by atoms with E-state index in [2.05, 4.69) is 22.1 Å². The molecule has 2 rings (SSSR count). The number of aromatic nitrogens is 1. The number of thiazole rings is 1. The maximum absolute atomic E-state index is 11.8. The van der Waals surface area contributed by atoms with Crippen LogP contribution in [-0.2, 0) is 0 Å². The van der Waals surface area contributed by atoms with Crippen molar-refractivity contribution in [3.05, 3.63) is 34.7 Å². The molecular formula is C12H11N3O2S. The third-order valence-corrected chi connectivity index (χ3v) is 2.86. The molecule has 6 heteroatoms. The molecule has 3 N–H and O–H groups in total. The molecule has 0 bridgehead atoms. The molecular weight excluding hydrogens is 250 g/mol. The van der Waals surface area contributed by atoms with Crippen LogP contribution in [0, 0.1) is 18.8 Å². The molecule has 92 valence electrons. The molecule has 0 aromatic carbocycles. The maximum atomic E-state index is 11.8. The van der Waals surface area contributed by atoms with Gasteiger partial charge in [0.25, 0.3) is 5.91 Å². The monoisotopic (exact) mass is 261 g/mol. The molecule has 0 aliphatic heterocycles. The summed E-state index contributed by atoms with van der Waals surface area (Å²) in [5, 5.41) is 3.18. The summed E-state index contributed by atoms with van der Waals surface area (Å²) < 4.78 is 5.07. The average molecular weight is 261 g/mol. The molecule has 0 aliphatic carbocycles. The number of amides is 1. The maximum Gasteiger partial charge on any atom is 0.260 e. The Morgan fingerprint density at radius 2 is 2.50 bits per heavy atom. The number of furan rings is 1. The Hall–Kier alpha value is -2.10. The Balaban J connectivity index is 2.05. The molecule has 2 heterocycles. The van der Waals surface area contributed by atoms with E-state index in [-0.39, 0.29) is 5.91 Å². The fourth-order valence-electron chi connectivity index (χ4n) is 1.26. The molecule has 0 radical (unpaired) electrons. The number of nitrogens with two attached hydrogens (primary N) is 1. The summed E-state index contributed by atoms with van der Waals surface area (Å²) in [6, 6.07) is 1.66. The molecule has 0 aliphatic rings. The average Bonchev–Trinajstić information content (AvgIpc) is 2.96. The van der Waals surface area contributed by atoms with Gasteiger partial charge in [-0.15, -0.1) is 0 Å². The highest BCUT2D eigenvalue weighted by molar-refractivity contribution is 7.16. The number of carbonyl (C=O) groups excluding carboxylic acids is 1. The summed E-state index contributed by atoms with van der Waals surface area (Å²) in [7, 11) is 0. The lowest BCUT2D eigenvalue weighted by atomic mass is 10.3. The third kappa shape index (κ3) is 2.97. The number of aryl methyl sites for hydroxylation is 1. The van der Waals surface area contributed by atoms with E-state index < -0.39 is 0 Å². The summed E-state index contributed by atoms with van der Waals surface area (Å²) >= 11 is 1.30. The van der Waals surface area contributed by atoms with Gasteiger partial charge in [0.05, 0.1) is 23.2 Å². The van der Waals surface area contributed by atoms with Crippen molar-refractivity contribution in [2.75, 3.05) is 11.9 Å². The van der Waals surface area contributed by atoms with Gasteiger partial charge in [-0.25, -0.2) is 4.98 Å². The minimum Gasteiger partial charge on any atom is -0.469 e. The minimum atomic E-state index is -0.250. The predicted octanol–water partition coefficient (Wildman–Crippen LogP) is 1.61. The van der Waals surface area contributed by atoms with Gasteiger partial charge in [-0.3, -0.25) is 10.1 Å². The Kier molecular flexibility index (Phi) is 3.77. The van der Waals surface area contributed by atoms with E-state index in [9.17, 15) is 4.79 Å². The number of rotatable bonds is 2. The standard InChI is InChI=1S/C12H11N3O2S/c1-8-5-9(7-17-8)11(16)15-12-14-6-10(18-12)3-2-4-13/h5-7H,4,13H2,1H3,(H,14,15,16). The van der Waals surface area contributed by atoms with Crippen molar-refractivity contribution in [1.82, 2.24) is 4.98 Å². The van der Waals surface area contributed by atoms with Crippen LogP contribution in [0.15, 0.2) is 22.9 Å². The van der Waals surface area contributed by atoms with Crippen LogP contribution in [0.25, 0.3) is 0 Å². The van der Waals surface area contributed by atoms with Crippen LogP contribution in [0.1, 0.15) is 21.0 Å². The van der Waals surface area contributed by atoms with Crippen molar-refractivity contribution in [2.24, 2.45) is 5.73 Å². The third-order valence-electron chi connectivity index (χ3n) is 2.03. The smallest absolute Gasteiger partial charge is 0.260 e. The topological polar surface area (TPSA) is 81.2 Å². The van der Waals surface area contributed by atoms with Crippen LogP contribution in [0.3, 0.4) is 0 Å². The first-order valence-electron chi connectivity index (χ1n) is 5.20. The SMILES string of the molecule is Cc1cc(C(=O)Nc2ncc(C#CCN)s2)co1. The largest absolute Gasteiger partial charge is 0.469 e. The van der Waals surface area contributed by atoms with Crippen LogP contribution >= 0.6 is 11.3 Å². The van der Waals surface area contributed by atoms with Gasteiger partial charge in [0, 0.05) is 0 Å². The lowest BCUT2D eigenvalue weighted by Crippen LogP contribution is -2.10. The minimum absolute atomic E-state index is 0.250. The summed E-state index contributed by atoms with van der Waals surface area (Å²) in [5.41, 5.74) is 5.74. The lowest BCUT2D eigenvalue weighted by molar-refractivity contribution is 0.102. The van der Waals surface area contributed by atoms with Crippen molar-refractivity contribution in [1.29, 1.82) is 0 Å². The summed E-state index contributed by atoms with van der Waals surface area (Å²) in [6.45, 7) is 2.08. The van der Waals surface area contributed by atoms with E-state index in [1.165, 1.54) is 17.6 Å². The fourth-order valence-corrected chi connectivity index (χ4v) is 1.95. The number of hydrogen-bond donors (Lipinski definition) is 2. The van der Waals surface area contributed by atoms with Gasteiger partial charge in [-0.05, 0) is 13.0 Å². The number of carbonyl (C=O) groups is 1. The second-order valence-electron chi connectivity index (χ2n) is 3.44. The number of hydrogen-bond acceptors (Lipinski definition) is 5. The number of anilines is 1. The Morgan fingerprint density at radius 1 is 1.67 bits per heavy atom. The fraction of sp³-hybridized carbons (Fsp3) is 0.167. The van der Waals surface area contributed by atoms with Crippen molar-refractivity contribution in [3.8, 4) is 11.8 Å². The van der Waals surface area contributed by atoms with E-state index in [1.807, 2.05) is 0 Å². The normalized spacial score (nSPS) is 9.67. The molecule has 1 amide bonds. The van der Waals surface area contributed by atoms with Crippen molar-refractivity contribution in [2.45, 2.75) is 6.92 Å². The zero-order chi connectivity index (χ0) is 13.0. The first-order valence-corrected chi connectivity index (χ1v) is 6.02. The zero-order valence-electron chi connectivity index (χ0n) is 9.69. The number of nitrogens with one attached hydrogen (secondary N) is 1. The van der Waals surface area contributed by atoms with Crippen molar-refractivity contribution < 1.29 is 9.21 Å². The lowest BCUT2D eigenvalue weighted by Gasteiger charge is -1.96. The highest BCUT2D eigenvalue weighted by Crippen LogP contribution is 2.18. The summed E-state index contributed by atoms with van der Waals surface area (Å²) in [6.07, 6.45) is 3.01. The molecule has 0 spiro atoms. The van der Waals surface area contributed by atoms with E-state index in [1.54, 1.807) is 19.2 Å². The van der Waals surface area contributed by atoms with E-state index >= 15 is 0 Å². The highest BCUT2D eigenvalue weighted by atomic mass is 32.1. The van der Waals surface area contributed by atoms with Crippen molar-refractivity contribution in [3.63, 3.8) is 0 Å². The van der Waals surface area contributed by atoms with E-state index in [0.717, 1.165) is 4.88 Å². The van der Waals surface area contributed by atoms with Crippen LogP contribution in [0.2, 0.25) is 0 Å². The van der Waals surface area contributed by atoms with Crippen LogP contribution in [0.5, 0.6) is 0 Å². The molecule has 0 saturated heterocycles. The van der Waals surface area contributed by atoms with Crippen LogP contribution in [0.4, 0.5) is 5.13 Å². The summed E-state index contributed by atoms with van der Waals surface area (Å²) in [4.78, 5) is 16.6. The van der Waals surface area contributed by atoms with E-state index in [0.29, 0.717) is 23.0 Å². The van der Waals surface area contributed by atoms with Crippen LogP contribution in [-0.4, -0.2) is 17.4 Å². The Bertz CT molecular complexity index is 619.